The molecular formula is C13H13ClF3NO3S. The van der Waals surface area contributed by atoms with Crippen LogP contribution in [0.1, 0.15) is 12.5 Å². The number of rotatable bonds is 5. The van der Waals surface area contributed by atoms with E-state index < -0.39 is 33.9 Å². The van der Waals surface area contributed by atoms with Crippen LogP contribution < -0.4 is 5.32 Å². The maximum atomic E-state index is 12.7. The molecule has 0 aromatic heterocycles. The number of ether oxygens (including phenoxy) is 1. The monoisotopic (exact) mass is 355 g/mol. The van der Waals surface area contributed by atoms with Crippen molar-refractivity contribution in [3.05, 3.63) is 28.8 Å². The number of benzene rings is 1. The minimum absolute atomic E-state index is 0.0211. The Morgan fingerprint density at radius 3 is 2.59 bits per heavy atom. The van der Waals surface area contributed by atoms with Crippen molar-refractivity contribution in [2.75, 3.05) is 18.2 Å². The Morgan fingerprint density at radius 1 is 1.41 bits per heavy atom. The summed E-state index contributed by atoms with van der Waals surface area (Å²) in [6.45, 7) is 1.53. The Hall–Kier alpha value is -1.41. The van der Waals surface area contributed by atoms with Crippen molar-refractivity contribution in [2.24, 2.45) is 0 Å². The summed E-state index contributed by atoms with van der Waals surface area (Å²) in [5.41, 5.74) is -1.05. The van der Waals surface area contributed by atoms with Gasteiger partial charge in [0, 0.05) is 5.69 Å². The van der Waals surface area contributed by atoms with E-state index in [4.69, 9.17) is 11.6 Å². The van der Waals surface area contributed by atoms with Gasteiger partial charge in [-0.05, 0) is 25.1 Å². The van der Waals surface area contributed by atoms with E-state index in [9.17, 15) is 22.8 Å². The van der Waals surface area contributed by atoms with Crippen molar-refractivity contribution >= 4 is 40.9 Å². The number of nitrogens with one attached hydrogen (secondary N) is 1. The highest BCUT2D eigenvalue weighted by molar-refractivity contribution is 8.01. The van der Waals surface area contributed by atoms with Crippen molar-refractivity contribution in [3.8, 4) is 0 Å². The molecule has 0 saturated heterocycles. The molecule has 0 aliphatic carbocycles. The first-order chi connectivity index (χ1) is 10.1. The number of carbonyl (C=O) groups is 2. The van der Waals surface area contributed by atoms with Crippen LogP contribution in [0.25, 0.3) is 0 Å². The summed E-state index contributed by atoms with van der Waals surface area (Å²) in [6, 6.07) is 3.09. The highest BCUT2D eigenvalue weighted by Gasteiger charge is 2.33. The topological polar surface area (TPSA) is 55.4 Å². The number of hydrogen-bond donors (Lipinski definition) is 1. The van der Waals surface area contributed by atoms with Gasteiger partial charge >= 0.3 is 12.1 Å². The molecule has 0 spiro atoms. The lowest BCUT2D eigenvalue weighted by Crippen LogP contribution is -2.24. The number of esters is 1. The van der Waals surface area contributed by atoms with Crippen LogP contribution in [0.3, 0.4) is 0 Å². The number of amides is 1. The summed E-state index contributed by atoms with van der Waals surface area (Å²) in [5.74, 6) is -1.04. The lowest BCUT2D eigenvalue weighted by Gasteiger charge is -2.14. The first kappa shape index (κ1) is 18.6. The molecule has 1 aromatic rings. The van der Waals surface area contributed by atoms with Gasteiger partial charge in [-0.2, -0.15) is 13.2 Å². The molecule has 0 unspecified atom stereocenters. The van der Waals surface area contributed by atoms with E-state index in [1.165, 1.54) is 20.1 Å². The molecule has 0 aliphatic heterocycles. The molecule has 0 bridgehead atoms. The predicted octanol–water partition coefficient (Wildman–Crippen LogP) is 3.59. The van der Waals surface area contributed by atoms with Gasteiger partial charge in [0.15, 0.2) is 0 Å². The third-order valence-corrected chi connectivity index (χ3v) is 4.03. The summed E-state index contributed by atoms with van der Waals surface area (Å²) >= 11 is 6.51. The van der Waals surface area contributed by atoms with E-state index in [-0.39, 0.29) is 11.4 Å². The zero-order chi connectivity index (χ0) is 16.9. The van der Waals surface area contributed by atoms with E-state index in [1.807, 2.05) is 0 Å². The van der Waals surface area contributed by atoms with Crippen LogP contribution in [0.5, 0.6) is 0 Å². The average Bonchev–Trinajstić information content (AvgIpc) is 2.44. The second kappa shape index (κ2) is 7.73. The molecule has 4 nitrogen and oxygen atoms in total. The smallest absolute Gasteiger partial charge is 0.417 e. The van der Waals surface area contributed by atoms with Crippen molar-refractivity contribution in [2.45, 2.75) is 18.3 Å². The van der Waals surface area contributed by atoms with Crippen LogP contribution in [0.4, 0.5) is 18.9 Å². The molecule has 9 heteroatoms. The summed E-state index contributed by atoms with van der Waals surface area (Å²) < 4.78 is 42.6. The average molecular weight is 356 g/mol. The summed E-state index contributed by atoms with van der Waals surface area (Å²) in [7, 11) is 1.22. The molecule has 0 saturated carbocycles. The molecule has 1 aromatic carbocycles. The van der Waals surface area contributed by atoms with Gasteiger partial charge < -0.3 is 10.1 Å². The standard InChI is InChI=1S/C13H13ClF3NO3S/c1-7(22-6-11(19)21-2)12(20)18-8-3-4-10(14)9(5-8)13(15,16)17/h3-5,7H,6H2,1-2H3,(H,18,20)/t7-/m1/s1. The number of alkyl halides is 3. The Labute approximate surface area is 134 Å². The zero-order valence-electron chi connectivity index (χ0n) is 11.7. The second-order valence-electron chi connectivity index (χ2n) is 4.21. The first-order valence-corrected chi connectivity index (χ1v) is 7.44. The fourth-order valence-corrected chi connectivity index (χ4v) is 2.33. The normalized spacial score (nSPS) is 12.6. The van der Waals surface area contributed by atoms with Crippen molar-refractivity contribution in [3.63, 3.8) is 0 Å². The van der Waals surface area contributed by atoms with Crippen molar-refractivity contribution in [1.82, 2.24) is 0 Å². The van der Waals surface area contributed by atoms with Gasteiger partial charge in [-0.25, -0.2) is 0 Å². The molecule has 122 valence electrons. The van der Waals surface area contributed by atoms with Gasteiger partial charge in [0.2, 0.25) is 5.91 Å². The molecule has 0 aliphatic rings. The SMILES string of the molecule is COC(=O)CS[C@H](C)C(=O)Nc1ccc(Cl)c(C(F)(F)F)c1. The molecule has 1 amide bonds. The van der Waals surface area contributed by atoms with E-state index in [0.29, 0.717) is 0 Å². The molecule has 1 rings (SSSR count). The molecular weight excluding hydrogens is 343 g/mol. The van der Waals surface area contributed by atoms with Gasteiger partial charge in [-0.1, -0.05) is 11.6 Å². The highest BCUT2D eigenvalue weighted by atomic mass is 35.5. The minimum atomic E-state index is -4.61. The molecule has 1 N–H and O–H groups in total. The Balaban J connectivity index is 2.74. The molecule has 0 heterocycles. The van der Waals surface area contributed by atoms with Gasteiger partial charge in [-0.15, -0.1) is 11.8 Å². The number of thioether (sulfide) groups is 1. The Morgan fingerprint density at radius 2 is 2.05 bits per heavy atom. The summed E-state index contributed by atoms with van der Waals surface area (Å²) in [5, 5.41) is 1.27. The highest BCUT2D eigenvalue weighted by Crippen LogP contribution is 2.36. The number of anilines is 1. The van der Waals surface area contributed by atoms with Crippen LogP contribution >= 0.6 is 23.4 Å². The van der Waals surface area contributed by atoms with Crippen LogP contribution in [0.2, 0.25) is 5.02 Å². The minimum Gasteiger partial charge on any atom is -0.468 e. The number of halogens is 4. The van der Waals surface area contributed by atoms with E-state index in [2.05, 4.69) is 10.1 Å². The van der Waals surface area contributed by atoms with Crippen LogP contribution in [0.15, 0.2) is 18.2 Å². The molecule has 1 atom stereocenters. The van der Waals surface area contributed by atoms with E-state index >= 15 is 0 Å². The number of methoxy groups -OCH3 is 1. The van der Waals surface area contributed by atoms with E-state index in [0.717, 1.165) is 23.9 Å². The molecule has 0 radical (unpaired) electrons. The quantitative estimate of drug-likeness (QED) is 0.820. The lowest BCUT2D eigenvalue weighted by atomic mass is 10.2. The Kier molecular flexibility index (Phi) is 6.55. The number of hydrogen-bond acceptors (Lipinski definition) is 4. The molecule has 22 heavy (non-hydrogen) atoms. The largest absolute Gasteiger partial charge is 0.468 e. The summed E-state index contributed by atoms with van der Waals surface area (Å²) in [6.07, 6.45) is -4.61. The van der Waals surface area contributed by atoms with E-state index in [1.54, 1.807) is 0 Å². The Bertz CT molecular complexity index is 566. The van der Waals surface area contributed by atoms with Crippen LogP contribution in [0, 0.1) is 0 Å². The third kappa shape index (κ3) is 5.42. The van der Waals surface area contributed by atoms with Crippen molar-refractivity contribution < 1.29 is 27.5 Å². The summed E-state index contributed by atoms with van der Waals surface area (Å²) in [4.78, 5) is 22.8. The van der Waals surface area contributed by atoms with Crippen LogP contribution in [-0.2, 0) is 20.5 Å². The second-order valence-corrected chi connectivity index (χ2v) is 5.95. The van der Waals surface area contributed by atoms with Gasteiger partial charge in [0.25, 0.3) is 0 Å². The van der Waals surface area contributed by atoms with Crippen molar-refractivity contribution in [1.29, 1.82) is 0 Å². The maximum absolute atomic E-state index is 12.7. The predicted molar refractivity (Wildman–Crippen MR) is 79.0 cm³/mol. The van der Waals surface area contributed by atoms with Gasteiger partial charge in [0.1, 0.15) is 0 Å². The fraction of sp³-hybridized carbons (Fsp3) is 0.385. The zero-order valence-corrected chi connectivity index (χ0v) is 13.2. The van der Waals surface area contributed by atoms with Gasteiger partial charge in [-0.3, -0.25) is 9.59 Å². The molecule has 0 fully saturated rings. The van der Waals surface area contributed by atoms with Crippen LogP contribution in [-0.4, -0.2) is 30.0 Å². The van der Waals surface area contributed by atoms with Gasteiger partial charge in [0.05, 0.1) is 28.7 Å². The fourth-order valence-electron chi connectivity index (χ4n) is 1.39. The lowest BCUT2D eigenvalue weighted by molar-refractivity contribution is -0.138. The number of carbonyl (C=O) groups excluding carboxylic acids is 2. The maximum Gasteiger partial charge on any atom is 0.417 e. The first-order valence-electron chi connectivity index (χ1n) is 6.01. The third-order valence-electron chi connectivity index (χ3n) is 2.59.